The summed E-state index contributed by atoms with van der Waals surface area (Å²) in [6.45, 7) is 5.06. The van der Waals surface area contributed by atoms with E-state index in [-0.39, 0.29) is 67.9 Å². The highest BCUT2D eigenvalue weighted by molar-refractivity contribution is 7.89. The van der Waals surface area contributed by atoms with Crippen LogP contribution < -0.4 is 10.6 Å². The Labute approximate surface area is 401 Å². The molecular weight excluding hydrogens is 903 g/mol. The molecule has 4 atom stereocenters. The Morgan fingerprint density at radius 3 is 2.29 bits per heavy atom. The van der Waals surface area contributed by atoms with Gasteiger partial charge in [-0.15, -0.1) is 11.3 Å². The molecule has 1 aliphatic heterocycles. The molecule has 68 heavy (non-hydrogen) atoms. The minimum Gasteiger partial charge on any atom is -0.449 e. The lowest BCUT2D eigenvalue weighted by atomic mass is 9.85. The Kier molecular flexibility index (Phi) is 15.5. The molecule has 2 aliphatic carbocycles. The molecule has 15 nitrogen and oxygen atoms in total. The highest BCUT2D eigenvalue weighted by atomic mass is 32.2. The first-order chi connectivity index (χ1) is 32.9. The maximum atomic E-state index is 14.6. The van der Waals surface area contributed by atoms with Crippen molar-refractivity contribution in [1.82, 2.24) is 29.7 Å². The first-order valence-corrected chi connectivity index (χ1v) is 25.6. The zero-order valence-electron chi connectivity index (χ0n) is 38.3. The number of benzene rings is 4. The molecule has 0 radical (unpaired) electrons. The largest absolute Gasteiger partial charge is 0.449 e. The number of carbonyl (C=O) groups is 3. The second-order valence-corrected chi connectivity index (χ2v) is 20.8. The van der Waals surface area contributed by atoms with Crippen molar-refractivity contribution in [2.75, 3.05) is 32.8 Å². The number of ether oxygens (including phenoxy) is 1. The Bertz CT molecular complexity index is 2630. The van der Waals surface area contributed by atoms with Crippen LogP contribution in [0.4, 0.5) is 9.59 Å². The lowest BCUT2D eigenvalue weighted by Gasteiger charge is -2.36. The number of rotatable bonds is 21. The second kappa shape index (κ2) is 21.9. The van der Waals surface area contributed by atoms with Crippen molar-refractivity contribution in [3.05, 3.63) is 141 Å². The average Bonchev–Trinajstić information content (AvgIpc) is 4.03. The summed E-state index contributed by atoms with van der Waals surface area (Å²) in [5.41, 5.74) is 6.58. The van der Waals surface area contributed by atoms with Crippen molar-refractivity contribution < 1.29 is 37.9 Å². The van der Waals surface area contributed by atoms with Crippen LogP contribution in [0.2, 0.25) is 0 Å². The number of thiazole rings is 1. The molecule has 4 amide bonds. The highest BCUT2D eigenvalue weighted by Gasteiger charge is 2.42. The monoisotopic (exact) mass is 961 g/mol. The van der Waals surface area contributed by atoms with Gasteiger partial charge in [0, 0.05) is 37.5 Å². The number of fused-ring (bicyclic) bond motifs is 3. The second-order valence-electron chi connectivity index (χ2n) is 17.9. The third-order valence-corrected chi connectivity index (χ3v) is 16.2. The summed E-state index contributed by atoms with van der Waals surface area (Å²) >= 11 is 1.37. The first kappa shape index (κ1) is 48.3. The van der Waals surface area contributed by atoms with Gasteiger partial charge in [-0.3, -0.25) is 4.79 Å². The minimum atomic E-state index is -4.08. The van der Waals surface area contributed by atoms with Crippen molar-refractivity contribution in [3.63, 3.8) is 0 Å². The van der Waals surface area contributed by atoms with E-state index in [0.717, 1.165) is 47.1 Å². The number of aliphatic hydroxyl groups excluding tert-OH is 1. The zero-order valence-corrected chi connectivity index (χ0v) is 39.9. The van der Waals surface area contributed by atoms with E-state index in [4.69, 9.17) is 14.9 Å². The van der Waals surface area contributed by atoms with Crippen LogP contribution in [0.5, 0.6) is 0 Å². The smallest absolute Gasteiger partial charge is 0.407 e. The molecule has 0 bridgehead atoms. The van der Waals surface area contributed by atoms with Crippen LogP contribution in [0.15, 0.2) is 119 Å². The fourth-order valence-electron chi connectivity index (χ4n) is 9.36. The van der Waals surface area contributed by atoms with E-state index in [2.05, 4.69) is 40.1 Å². The van der Waals surface area contributed by atoms with Crippen LogP contribution in [0, 0.1) is 11.8 Å². The lowest BCUT2D eigenvalue weighted by molar-refractivity contribution is -0.128. The third-order valence-electron chi connectivity index (χ3n) is 13.5. The predicted molar refractivity (Wildman–Crippen MR) is 260 cm³/mol. The van der Waals surface area contributed by atoms with E-state index < -0.39 is 40.2 Å². The van der Waals surface area contributed by atoms with Crippen LogP contribution >= 0.6 is 11.3 Å². The Morgan fingerprint density at radius 2 is 1.65 bits per heavy atom. The van der Waals surface area contributed by atoms with E-state index in [1.54, 1.807) is 21.9 Å². The molecule has 2 heterocycles. The maximum Gasteiger partial charge on any atom is 0.407 e. The molecule has 0 spiro atoms. The van der Waals surface area contributed by atoms with E-state index in [9.17, 15) is 27.9 Å². The maximum absolute atomic E-state index is 14.6. The van der Waals surface area contributed by atoms with Gasteiger partial charge in [0.15, 0.2) is 0 Å². The standard InChI is InChI=1S/C51H59N7O8S2/c1-3-34(2)48(49(60)55-45(26-35-12-5-4-6-13-35)46(59)31-57(29-37-14-11-15-37)68(64,65)39-22-20-36(21-23-39)27-53-63)58-25-24-56(51(58)62)30-38-33-67-47(54-38)28-52-50(61)66-32-44-42-18-9-7-16-40(42)41-17-8-10-19-43(41)44/h4-10,12-13,16-23,27,33-34,37,44-46,48,59,63H,3,11,14-15,24-26,28-32H2,1-2H3,(H,52,61)(H,55,60)/b53-27+/t34-,45-,46+,48-/m0/s1. The molecule has 1 saturated carbocycles. The number of carbonyl (C=O) groups excluding carboxylic acids is 3. The number of alkyl carbamates (subject to hydrolysis) is 1. The summed E-state index contributed by atoms with van der Waals surface area (Å²) in [6.07, 6.45) is 2.91. The van der Waals surface area contributed by atoms with Crippen molar-refractivity contribution in [3.8, 4) is 11.1 Å². The minimum absolute atomic E-state index is 0.0378. The topological polar surface area (TPSA) is 194 Å². The van der Waals surface area contributed by atoms with E-state index >= 15 is 0 Å². The van der Waals surface area contributed by atoms with Crippen LogP contribution in [-0.2, 0) is 39.1 Å². The van der Waals surface area contributed by atoms with Crippen LogP contribution in [0.25, 0.3) is 11.1 Å². The number of oxime groups is 1. The summed E-state index contributed by atoms with van der Waals surface area (Å²) in [6, 6.07) is 29.6. The van der Waals surface area contributed by atoms with Crippen molar-refractivity contribution in [1.29, 1.82) is 0 Å². The van der Waals surface area contributed by atoms with Gasteiger partial charge in [-0.2, -0.15) is 4.31 Å². The molecule has 4 N–H and O–H groups in total. The number of nitrogens with one attached hydrogen (secondary N) is 2. The van der Waals surface area contributed by atoms with Gasteiger partial charge in [-0.1, -0.05) is 123 Å². The number of nitrogens with zero attached hydrogens (tertiary/aromatic N) is 5. The number of aromatic nitrogens is 1. The van der Waals surface area contributed by atoms with Gasteiger partial charge in [-0.25, -0.2) is 23.0 Å². The number of hydrogen-bond acceptors (Lipinski definition) is 11. The van der Waals surface area contributed by atoms with Crippen LogP contribution in [0.1, 0.15) is 78.4 Å². The number of amides is 4. The average molecular weight is 962 g/mol. The van der Waals surface area contributed by atoms with Gasteiger partial charge < -0.3 is 35.5 Å². The Hall–Kier alpha value is -6.14. The van der Waals surface area contributed by atoms with Crippen LogP contribution in [-0.4, -0.2) is 113 Å². The molecule has 1 aromatic heterocycles. The van der Waals surface area contributed by atoms with E-state index in [1.807, 2.05) is 73.8 Å². The van der Waals surface area contributed by atoms with Gasteiger partial charge in [0.1, 0.15) is 17.7 Å². The van der Waals surface area contributed by atoms with E-state index in [0.29, 0.717) is 35.8 Å². The van der Waals surface area contributed by atoms with Gasteiger partial charge in [-0.05, 0) is 76.6 Å². The Balaban J connectivity index is 0.902. The molecule has 1 saturated heterocycles. The predicted octanol–water partition coefficient (Wildman–Crippen LogP) is 7.22. The van der Waals surface area contributed by atoms with Crippen molar-refractivity contribution in [2.45, 2.75) is 88.0 Å². The highest BCUT2D eigenvalue weighted by Crippen LogP contribution is 2.44. The fourth-order valence-corrected chi connectivity index (χ4v) is 11.6. The molecule has 2 fully saturated rings. The first-order valence-electron chi connectivity index (χ1n) is 23.3. The van der Waals surface area contributed by atoms with Gasteiger partial charge in [0.2, 0.25) is 15.9 Å². The number of sulfonamides is 1. The molecule has 8 rings (SSSR count). The molecule has 358 valence electrons. The fraction of sp³-hybridized carbons (Fsp3) is 0.392. The van der Waals surface area contributed by atoms with Crippen molar-refractivity contribution >= 4 is 45.6 Å². The van der Waals surface area contributed by atoms with Crippen molar-refractivity contribution in [2.24, 2.45) is 17.0 Å². The third kappa shape index (κ3) is 11.1. The molecule has 17 heteroatoms. The lowest BCUT2D eigenvalue weighted by Crippen LogP contribution is -2.57. The summed E-state index contributed by atoms with van der Waals surface area (Å²) < 4.78 is 35.4. The summed E-state index contributed by atoms with van der Waals surface area (Å²) in [4.78, 5) is 49.6. The number of aliphatic hydroxyl groups is 1. The Morgan fingerprint density at radius 1 is 0.971 bits per heavy atom. The molecular formula is C51H59N7O8S2. The summed E-state index contributed by atoms with van der Waals surface area (Å²) in [7, 11) is -4.08. The zero-order chi connectivity index (χ0) is 47.8. The SMILES string of the molecule is CC[C@H](C)[C@@H](C(=O)N[C@@H](Cc1ccccc1)[C@H](O)CN(CC1CCC1)S(=O)(=O)c1ccc(/C=N/O)cc1)N1CCN(Cc2csc(CNC(=O)OCC3c4ccccc4-c4ccccc43)n2)C1=O. The summed E-state index contributed by atoms with van der Waals surface area (Å²) in [5.74, 6) is -0.600. The van der Waals surface area contributed by atoms with Crippen LogP contribution in [0.3, 0.4) is 0 Å². The molecule has 5 aromatic rings. The van der Waals surface area contributed by atoms with Gasteiger partial charge in [0.25, 0.3) is 0 Å². The van der Waals surface area contributed by atoms with E-state index in [1.165, 1.54) is 34.0 Å². The molecule has 0 unspecified atom stereocenters. The van der Waals surface area contributed by atoms with Gasteiger partial charge in [0.05, 0.1) is 42.0 Å². The quantitative estimate of drug-likeness (QED) is 0.0334. The summed E-state index contributed by atoms with van der Waals surface area (Å²) in [5, 5.41) is 32.4. The molecule has 3 aliphatic rings. The van der Waals surface area contributed by atoms with Gasteiger partial charge >= 0.3 is 12.1 Å². The number of hydrogen-bond donors (Lipinski definition) is 4. The number of urea groups is 1. The molecule has 4 aromatic carbocycles. The normalized spacial score (nSPS) is 16.9.